The zero-order valence-corrected chi connectivity index (χ0v) is 10.9. The van der Waals surface area contributed by atoms with E-state index in [-0.39, 0.29) is 0 Å². The van der Waals surface area contributed by atoms with Crippen LogP contribution in [0.15, 0.2) is 18.3 Å². The fourth-order valence-corrected chi connectivity index (χ4v) is 2.66. The molecule has 0 fully saturated rings. The maximum atomic E-state index is 5.90. The molecule has 2 aromatic heterocycles. The van der Waals surface area contributed by atoms with Crippen LogP contribution in [-0.2, 0) is 13.1 Å². The summed E-state index contributed by atoms with van der Waals surface area (Å²) >= 11 is 7.50. The van der Waals surface area contributed by atoms with Crippen LogP contribution in [0, 0.1) is 6.92 Å². The Morgan fingerprint density at radius 1 is 1.50 bits per heavy atom. The Bertz CT molecular complexity index is 475. The van der Waals surface area contributed by atoms with Gasteiger partial charge in [-0.1, -0.05) is 11.6 Å². The molecule has 0 bridgehead atoms. The number of aromatic nitrogens is 2. The quantitative estimate of drug-likeness (QED) is 0.910. The molecule has 0 saturated carbocycles. The molecule has 0 spiro atoms. The lowest BCUT2D eigenvalue weighted by atomic mass is 10.2. The van der Waals surface area contributed by atoms with E-state index < -0.39 is 0 Å². The number of hydrogen-bond donors (Lipinski definition) is 1. The van der Waals surface area contributed by atoms with Crippen LogP contribution in [0.2, 0.25) is 4.34 Å². The van der Waals surface area contributed by atoms with Crippen molar-refractivity contribution in [3.8, 4) is 0 Å². The summed E-state index contributed by atoms with van der Waals surface area (Å²) in [4.78, 5) is 1.23. The summed E-state index contributed by atoms with van der Waals surface area (Å²) in [6.45, 7) is 3.75. The van der Waals surface area contributed by atoms with Gasteiger partial charge in [-0.15, -0.1) is 11.3 Å². The van der Waals surface area contributed by atoms with Crippen LogP contribution in [-0.4, -0.2) is 16.8 Å². The molecule has 0 saturated heterocycles. The molecule has 5 heteroatoms. The SMILES string of the molecule is CNCc1cnn(Cc2ccc(Cl)s2)c1C. The highest BCUT2D eigenvalue weighted by molar-refractivity contribution is 7.16. The normalized spacial score (nSPS) is 10.9. The molecule has 1 N–H and O–H groups in total. The monoisotopic (exact) mass is 255 g/mol. The van der Waals surface area contributed by atoms with E-state index in [0.717, 1.165) is 17.4 Å². The van der Waals surface area contributed by atoms with E-state index in [4.69, 9.17) is 11.6 Å². The van der Waals surface area contributed by atoms with Gasteiger partial charge in [-0.2, -0.15) is 5.10 Å². The first-order chi connectivity index (χ1) is 7.70. The van der Waals surface area contributed by atoms with E-state index in [1.165, 1.54) is 16.1 Å². The minimum Gasteiger partial charge on any atom is -0.316 e. The first-order valence-corrected chi connectivity index (χ1v) is 6.30. The Balaban J connectivity index is 2.15. The fraction of sp³-hybridized carbons (Fsp3) is 0.364. The van der Waals surface area contributed by atoms with Crippen molar-refractivity contribution in [3.05, 3.63) is 38.8 Å². The Hall–Kier alpha value is -0.840. The lowest BCUT2D eigenvalue weighted by Gasteiger charge is -2.03. The summed E-state index contributed by atoms with van der Waals surface area (Å²) in [5.41, 5.74) is 2.45. The van der Waals surface area contributed by atoms with Crippen molar-refractivity contribution in [2.45, 2.75) is 20.0 Å². The standard InChI is InChI=1S/C11H14ClN3S/c1-8-9(5-13-2)6-14-15(8)7-10-3-4-11(12)16-10/h3-4,6,13H,5,7H2,1-2H3. The fourth-order valence-electron chi connectivity index (χ4n) is 1.59. The third kappa shape index (κ3) is 2.45. The summed E-state index contributed by atoms with van der Waals surface area (Å²) in [5.74, 6) is 0. The van der Waals surface area contributed by atoms with Gasteiger partial charge in [-0.05, 0) is 26.1 Å². The van der Waals surface area contributed by atoms with Gasteiger partial charge >= 0.3 is 0 Å². The highest BCUT2D eigenvalue weighted by Crippen LogP contribution is 2.22. The summed E-state index contributed by atoms with van der Waals surface area (Å²) < 4.78 is 2.84. The average molecular weight is 256 g/mol. The lowest BCUT2D eigenvalue weighted by molar-refractivity contribution is 0.668. The largest absolute Gasteiger partial charge is 0.316 e. The molecular weight excluding hydrogens is 242 g/mol. The lowest BCUT2D eigenvalue weighted by Crippen LogP contribution is -2.07. The Morgan fingerprint density at radius 2 is 2.31 bits per heavy atom. The molecule has 16 heavy (non-hydrogen) atoms. The minimum absolute atomic E-state index is 0.799. The molecule has 2 rings (SSSR count). The first-order valence-electron chi connectivity index (χ1n) is 5.11. The predicted octanol–water partition coefficient (Wildman–Crippen LogP) is 2.67. The zero-order chi connectivity index (χ0) is 11.5. The molecule has 2 heterocycles. The van der Waals surface area contributed by atoms with Crippen molar-refractivity contribution in [3.63, 3.8) is 0 Å². The van der Waals surface area contributed by atoms with Gasteiger partial charge < -0.3 is 5.32 Å². The molecule has 0 aliphatic carbocycles. The van der Waals surface area contributed by atoms with Gasteiger partial charge in [0.05, 0.1) is 17.1 Å². The van der Waals surface area contributed by atoms with E-state index >= 15 is 0 Å². The van der Waals surface area contributed by atoms with E-state index in [2.05, 4.69) is 17.3 Å². The van der Waals surface area contributed by atoms with E-state index in [1.54, 1.807) is 11.3 Å². The highest BCUT2D eigenvalue weighted by atomic mass is 35.5. The van der Waals surface area contributed by atoms with Gasteiger partial charge in [0, 0.05) is 22.7 Å². The van der Waals surface area contributed by atoms with Gasteiger partial charge in [-0.3, -0.25) is 4.68 Å². The zero-order valence-electron chi connectivity index (χ0n) is 9.33. The molecule has 0 unspecified atom stereocenters. The third-order valence-electron chi connectivity index (χ3n) is 2.51. The number of halogens is 1. The molecule has 0 aliphatic heterocycles. The van der Waals surface area contributed by atoms with Gasteiger partial charge in [0.1, 0.15) is 0 Å². The number of thiophene rings is 1. The van der Waals surface area contributed by atoms with Crippen molar-refractivity contribution in [1.82, 2.24) is 15.1 Å². The van der Waals surface area contributed by atoms with E-state index in [9.17, 15) is 0 Å². The molecule has 2 aromatic rings. The van der Waals surface area contributed by atoms with E-state index in [0.29, 0.717) is 0 Å². The summed E-state index contributed by atoms with van der Waals surface area (Å²) in [5, 5.41) is 7.51. The smallest absolute Gasteiger partial charge is 0.0931 e. The second-order valence-electron chi connectivity index (χ2n) is 3.65. The Kier molecular flexibility index (Phi) is 3.63. The molecule has 0 aliphatic rings. The highest BCUT2D eigenvalue weighted by Gasteiger charge is 2.07. The third-order valence-corrected chi connectivity index (χ3v) is 3.72. The van der Waals surface area contributed by atoms with Crippen LogP contribution in [0.25, 0.3) is 0 Å². The van der Waals surface area contributed by atoms with Crippen LogP contribution in [0.4, 0.5) is 0 Å². The van der Waals surface area contributed by atoms with Crippen LogP contribution >= 0.6 is 22.9 Å². The van der Waals surface area contributed by atoms with Gasteiger partial charge in [-0.25, -0.2) is 0 Å². The maximum Gasteiger partial charge on any atom is 0.0931 e. The van der Waals surface area contributed by atoms with Gasteiger partial charge in [0.25, 0.3) is 0 Å². The molecule has 0 amide bonds. The molecule has 86 valence electrons. The van der Waals surface area contributed by atoms with Gasteiger partial charge in [0.2, 0.25) is 0 Å². The maximum absolute atomic E-state index is 5.90. The molecule has 0 radical (unpaired) electrons. The summed E-state index contributed by atoms with van der Waals surface area (Å²) in [6, 6.07) is 3.97. The number of nitrogens with one attached hydrogen (secondary N) is 1. The topological polar surface area (TPSA) is 29.9 Å². The predicted molar refractivity (Wildman–Crippen MR) is 68.2 cm³/mol. The molecular formula is C11H14ClN3S. The van der Waals surface area contributed by atoms with Crippen molar-refractivity contribution in [1.29, 1.82) is 0 Å². The molecule has 0 aromatic carbocycles. The second-order valence-corrected chi connectivity index (χ2v) is 5.45. The Morgan fingerprint density at radius 3 is 2.94 bits per heavy atom. The Labute approximate surface area is 104 Å². The molecule has 3 nitrogen and oxygen atoms in total. The molecule has 0 atom stereocenters. The second kappa shape index (κ2) is 4.99. The van der Waals surface area contributed by atoms with Gasteiger partial charge in [0.15, 0.2) is 0 Å². The van der Waals surface area contributed by atoms with Crippen molar-refractivity contribution >= 4 is 22.9 Å². The van der Waals surface area contributed by atoms with Crippen LogP contribution < -0.4 is 5.32 Å². The first kappa shape index (κ1) is 11.6. The average Bonchev–Trinajstić information content (AvgIpc) is 2.80. The number of rotatable bonds is 4. The summed E-state index contributed by atoms with van der Waals surface area (Å²) in [6.07, 6.45) is 1.92. The van der Waals surface area contributed by atoms with Crippen LogP contribution in [0.5, 0.6) is 0 Å². The number of hydrogen-bond acceptors (Lipinski definition) is 3. The van der Waals surface area contributed by atoms with Crippen molar-refractivity contribution in [2.75, 3.05) is 7.05 Å². The van der Waals surface area contributed by atoms with Crippen molar-refractivity contribution < 1.29 is 0 Å². The van der Waals surface area contributed by atoms with Crippen molar-refractivity contribution in [2.24, 2.45) is 0 Å². The summed E-state index contributed by atoms with van der Waals surface area (Å²) in [7, 11) is 1.94. The number of nitrogens with zero attached hydrogens (tertiary/aromatic N) is 2. The minimum atomic E-state index is 0.799. The van der Waals surface area contributed by atoms with Crippen LogP contribution in [0.1, 0.15) is 16.1 Å². The van der Waals surface area contributed by atoms with E-state index in [1.807, 2.05) is 30.1 Å². The van der Waals surface area contributed by atoms with Crippen LogP contribution in [0.3, 0.4) is 0 Å².